The lowest BCUT2D eigenvalue weighted by atomic mass is 10.1. The lowest BCUT2D eigenvalue weighted by Crippen LogP contribution is -2.08. The van der Waals surface area contributed by atoms with Crippen LogP contribution in [0.2, 0.25) is 0 Å². The molecular formula is C13H20O3. The van der Waals surface area contributed by atoms with Crippen molar-refractivity contribution in [3.05, 3.63) is 23.8 Å². The Morgan fingerprint density at radius 2 is 2.06 bits per heavy atom. The summed E-state index contributed by atoms with van der Waals surface area (Å²) in [6, 6.07) is 5.47. The standard InChI is InChI=1S/C13H20O3/c1-4-10(2)9-16-13-7-11(8-14)5-6-12(13)15-3/h5-7,10,14H,4,8-9H2,1-3H3. The van der Waals surface area contributed by atoms with Crippen LogP contribution in [0.4, 0.5) is 0 Å². The third-order valence-corrected chi connectivity index (χ3v) is 2.63. The van der Waals surface area contributed by atoms with Crippen LogP contribution < -0.4 is 9.47 Å². The van der Waals surface area contributed by atoms with E-state index in [4.69, 9.17) is 14.6 Å². The third-order valence-electron chi connectivity index (χ3n) is 2.63. The van der Waals surface area contributed by atoms with Gasteiger partial charge in [0.2, 0.25) is 0 Å². The van der Waals surface area contributed by atoms with Gasteiger partial charge in [0, 0.05) is 0 Å². The molecule has 0 amide bonds. The average molecular weight is 224 g/mol. The topological polar surface area (TPSA) is 38.7 Å². The number of hydrogen-bond acceptors (Lipinski definition) is 3. The van der Waals surface area contributed by atoms with Crippen LogP contribution in [-0.4, -0.2) is 18.8 Å². The van der Waals surface area contributed by atoms with E-state index >= 15 is 0 Å². The Bertz CT molecular complexity index is 323. The molecule has 0 saturated carbocycles. The van der Waals surface area contributed by atoms with Crippen molar-refractivity contribution in [1.82, 2.24) is 0 Å². The Labute approximate surface area is 97.0 Å². The molecule has 0 aliphatic heterocycles. The van der Waals surface area contributed by atoms with Crippen molar-refractivity contribution in [3.63, 3.8) is 0 Å². The second-order valence-electron chi connectivity index (χ2n) is 3.97. The van der Waals surface area contributed by atoms with Gasteiger partial charge < -0.3 is 14.6 Å². The number of hydrogen-bond donors (Lipinski definition) is 1. The lowest BCUT2D eigenvalue weighted by molar-refractivity contribution is 0.242. The zero-order chi connectivity index (χ0) is 12.0. The van der Waals surface area contributed by atoms with E-state index in [1.54, 1.807) is 7.11 Å². The molecule has 0 spiro atoms. The van der Waals surface area contributed by atoms with Crippen LogP contribution in [0.25, 0.3) is 0 Å². The van der Waals surface area contributed by atoms with Crippen LogP contribution >= 0.6 is 0 Å². The maximum absolute atomic E-state index is 9.05. The molecule has 0 aliphatic carbocycles. The zero-order valence-electron chi connectivity index (χ0n) is 10.2. The number of aliphatic hydroxyl groups is 1. The first-order valence-electron chi connectivity index (χ1n) is 5.61. The van der Waals surface area contributed by atoms with Gasteiger partial charge in [-0.3, -0.25) is 0 Å². The van der Waals surface area contributed by atoms with Gasteiger partial charge in [-0.15, -0.1) is 0 Å². The van der Waals surface area contributed by atoms with Crippen LogP contribution in [0, 0.1) is 5.92 Å². The van der Waals surface area contributed by atoms with Crippen molar-refractivity contribution in [2.24, 2.45) is 5.92 Å². The second kappa shape index (κ2) is 6.38. The van der Waals surface area contributed by atoms with Crippen molar-refractivity contribution < 1.29 is 14.6 Å². The van der Waals surface area contributed by atoms with Crippen LogP contribution in [-0.2, 0) is 6.61 Å². The van der Waals surface area contributed by atoms with Gasteiger partial charge in [-0.25, -0.2) is 0 Å². The van der Waals surface area contributed by atoms with E-state index in [9.17, 15) is 0 Å². The summed E-state index contributed by atoms with van der Waals surface area (Å²) in [7, 11) is 1.62. The smallest absolute Gasteiger partial charge is 0.161 e. The van der Waals surface area contributed by atoms with Gasteiger partial charge in [-0.1, -0.05) is 26.3 Å². The van der Waals surface area contributed by atoms with E-state index in [0.29, 0.717) is 24.0 Å². The van der Waals surface area contributed by atoms with Crippen molar-refractivity contribution in [2.75, 3.05) is 13.7 Å². The monoisotopic (exact) mass is 224 g/mol. The van der Waals surface area contributed by atoms with E-state index < -0.39 is 0 Å². The predicted molar refractivity (Wildman–Crippen MR) is 63.9 cm³/mol. The maximum atomic E-state index is 9.05. The van der Waals surface area contributed by atoms with Crippen LogP contribution in [0.5, 0.6) is 11.5 Å². The summed E-state index contributed by atoms with van der Waals surface area (Å²) >= 11 is 0. The molecule has 16 heavy (non-hydrogen) atoms. The van der Waals surface area contributed by atoms with Crippen molar-refractivity contribution in [3.8, 4) is 11.5 Å². The largest absolute Gasteiger partial charge is 0.493 e. The van der Waals surface area contributed by atoms with Gasteiger partial charge in [-0.05, 0) is 23.6 Å². The number of methoxy groups -OCH3 is 1. The highest BCUT2D eigenvalue weighted by Gasteiger charge is 2.07. The summed E-state index contributed by atoms with van der Waals surface area (Å²) in [6.07, 6.45) is 1.09. The van der Waals surface area contributed by atoms with Crippen LogP contribution in [0.15, 0.2) is 18.2 Å². The van der Waals surface area contributed by atoms with Gasteiger partial charge in [0.15, 0.2) is 11.5 Å². The molecule has 3 nitrogen and oxygen atoms in total. The van der Waals surface area contributed by atoms with Crippen molar-refractivity contribution >= 4 is 0 Å². The van der Waals surface area contributed by atoms with Gasteiger partial charge in [0.05, 0.1) is 20.3 Å². The first-order valence-corrected chi connectivity index (χ1v) is 5.61. The number of ether oxygens (including phenoxy) is 2. The van der Waals surface area contributed by atoms with E-state index in [1.165, 1.54) is 0 Å². The molecule has 1 aromatic rings. The Kier molecular flexibility index (Phi) is 5.12. The minimum Gasteiger partial charge on any atom is -0.493 e. The molecule has 1 atom stereocenters. The SMILES string of the molecule is CCC(C)COc1cc(CO)ccc1OC. The predicted octanol–water partition coefficient (Wildman–Crippen LogP) is 2.61. The van der Waals surface area contributed by atoms with Gasteiger partial charge in [-0.2, -0.15) is 0 Å². The number of rotatable bonds is 6. The molecule has 3 heteroatoms. The minimum absolute atomic E-state index is 0.0175. The maximum Gasteiger partial charge on any atom is 0.161 e. The summed E-state index contributed by atoms with van der Waals surface area (Å²) in [5, 5.41) is 9.05. The zero-order valence-corrected chi connectivity index (χ0v) is 10.2. The molecule has 0 bridgehead atoms. The molecule has 0 aliphatic rings. The molecule has 0 fully saturated rings. The van der Waals surface area contributed by atoms with Crippen LogP contribution in [0.1, 0.15) is 25.8 Å². The summed E-state index contributed by atoms with van der Waals surface area (Å²) in [6.45, 7) is 4.96. The molecule has 1 unspecified atom stereocenters. The van der Waals surface area contributed by atoms with Gasteiger partial charge >= 0.3 is 0 Å². The van der Waals surface area contributed by atoms with E-state index in [2.05, 4.69) is 13.8 Å². The third kappa shape index (κ3) is 3.42. The Hall–Kier alpha value is -1.22. The fourth-order valence-corrected chi connectivity index (χ4v) is 1.28. The van der Waals surface area contributed by atoms with Crippen molar-refractivity contribution in [1.29, 1.82) is 0 Å². The molecule has 0 radical (unpaired) electrons. The first kappa shape index (κ1) is 12.8. The Morgan fingerprint density at radius 1 is 1.31 bits per heavy atom. The first-order chi connectivity index (χ1) is 7.71. The highest BCUT2D eigenvalue weighted by atomic mass is 16.5. The van der Waals surface area contributed by atoms with E-state index in [1.807, 2.05) is 18.2 Å². The fraction of sp³-hybridized carbons (Fsp3) is 0.538. The Balaban J connectivity index is 2.75. The molecule has 0 saturated heterocycles. The lowest BCUT2D eigenvalue weighted by Gasteiger charge is -2.14. The summed E-state index contributed by atoms with van der Waals surface area (Å²) in [5.41, 5.74) is 0.833. The van der Waals surface area contributed by atoms with E-state index in [-0.39, 0.29) is 6.61 Å². The molecule has 0 heterocycles. The van der Waals surface area contributed by atoms with E-state index in [0.717, 1.165) is 12.0 Å². The summed E-state index contributed by atoms with van der Waals surface area (Å²) < 4.78 is 10.9. The molecule has 1 N–H and O–H groups in total. The van der Waals surface area contributed by atoms with Crippen molar-refractivity contribution in [2.45, 2.75) is 26.9 Å². The van der Waals surface area contributed by atoms with Gasteiger partial charge in [0.1, 0.15) is 0 Å². The van der Waals surface area contributed by atoms with Gasteiger partial charge in [0.25, 0.3) is 0 Å². The number of aliphatic hydroxyl groups excluding tert-OH is 1. The molecule has 0 aromatic heterocycles. The fourth-order valence-electron chi connectivity index (χ4n) is 1.28. The highest BCUT2D eigenvalue weighted by molar-refractivity contribution is 5.42. The molecular weight excluding hydrogens is 204 g/mol. The Morgan fingerprint density at radius 3 is 2.62 bits per heavy atom. The highest BCUT2D eigenvalue weighted by Crippen LogP contribution is 2.28. The minimum atomic E-state index is 0.0175. The number of benzene rings is 1. The molecule has 90 valence electrons. The quantitative estimate of drug-likeness (QED) is 0.807. The molecule has 1 aromatic carbocycles. The molecule has 1 rings (SSSR count). The average Bonchev–Trinajstić information content (AvgIpc) is 2.35. The summed E-state index contributed by atoms with van der Waals surface area (Å²) in [5.74, 6) is 1.93. The van der Waals surface area contributed by atoms with Crippen LogP contribution in [0.3, 0.4) is 0 Å². The summed E-state index contributed by atoms with van der Waals surface area (Å²) in [4.78, 5) is 0. The normalized spacial score (nSPS) is 12.2. The second-order valence-corrected chi connectivity index (χ2v) is 3.97.